The number of aryl methyl sites for hydroxylation is 1. The molecule has 18 heteroatoms. The highest BCUT2D eigenvalue weighted by Gasteiger charge is 2.78. The summed E-state index contributed by atoms with van der Waals surface area (Å²) in [6.07, 6.45) is -14.0. The van der Waals surface area contributed by atoms with Crippen LogP contribution >= 0.6 is 0 Å². The summed E-state index contributed by atoms with van der Waals surface area (Å²) in [5.74, 6) is -38.2. The third-order valence-electron chi connectivity index (χ3n) is 3.59. The second-order valence-corrected chi connectivity index (χ2v) is 5.97. The molecule has 0 heterocycles. The maximum Gasteiger partial charge on any atom is 0.460 e. The first-order valence-corrected chi connectivity index (χ1v) is 7.61. The van der Waals surface area contributed by atoms with Crippen molar-refractivity contribution in [3.8, 4) is 11.5 Å². The lowest BCUT2D eigenvalue weighted by Gasteiger charge is -2.27. The summed E-state index contributed by atoms with van der Waals surface area (Å²) in [6.45, 7) is 0.683. The fourth-order valence-corrected chi connectivity index (χ4v) is 1.77. The van der Waals surface area contributed by atoms with Crippen molar-refractivity contribution in [2.45, 2.75) is 43.0 Å². The fraction of sp³-hybridized carbons (Fsp3) is 0.467. The number of esters is 2. The molecule has 0 aliphatic carbocycles. The van der Waals surface area contributed by atoms with Crippen molar-refractivity contribution >= 4 is 11.9 Å². The molecule has 0 fully saturated rings. The van der Waals surface area contributed by atoms with Crippen LogP contribution in [0.3, 0.4) is 0 Å². The Morgan fingerprint density at radius 2 is 1.00 bits per heavy atom. The van der Waals surface area contributed by atoms with E-state index < -0.39 is 65.0 Å². The van der Waals surface area contributed by atoms with Gasteiger partial charge in [-0.15, -0.1) is 0 Å². The molecule has 0 N–H and O–H groups in total. The zero-order chi connectivity index (χ0) is 26.4. The van der Waals surface area contributed by atoms with Gasteiger partial charge in [0.1, 0.15) is 0 Å². The van der Waals surface area contributed by atoms with Gasteiger partial charge < -0.3 is 9.47 Å². The van der Waals surface area contributed by atoms with Crippen molar-refractivity contribution in [1.82, 2.24) is 0 Å². The van der Waals surface area contributed by atoms with Gasteiger partial charge in [-0.2, -0.15) is 61.5 Å². The summed E-state index contributed by atoms with van der Waals surface area (Å²) in [5, 5.41) is 0. The largest absolute Gasteiger partial charge is 0.460 e. The van der Waals surface area contributed by atoms with Crippen molar-refractivity contribution in [1.29, 1.82) is 0 Å². The molecule has 1 aromatic carbocycles. The Labute approximate surface area is 172 Å². The minimum Gasteiger partial charge on any atom is -0.418 e. The van der Waals surface area contributed by atoms with E-state index in [1.54, 1.807) is 0 Å². The van der Waals surface area contributed by atoms with Gasteiger partial charge in [-0.1, -0.05) is 12.1 Å². The average molecular weight is 516 g/mol. The predicted molar refractivity (Wildman–Crippen MR) is 74.3 cm³/mol. The van der Waals surface area contributed by atoms with E-state index in [9.17, 15) is 71.1 Å². The molecule has 0 amide bonds. The SMILES string of the molecule is Cc1cccc(OC(=O)C(F)(F)C(F)(F)C(F)(F)F)c1OC(=O)C(F)(F)C(F)(F)C(F)(F)F. The molecule has 0 unspecified atom stereocenters. The lowest BCUT2D eigenvalue weighted by atomic mass is 10.1. The maximum atomic E-state index is 13.4. The van der Waals surface area contributed by atoms with E-state index in [2.05, 4.69) is 9.47 Å². The highest BCUT2D eigenvalue weighted by molar-refractivity contribution is 5.84. The Morgan fingerprint density at radius 1 is 0.636 bits per heavy atom. The van der Waals surface area contributed by atoms with Crippen LogP contribution in [-0.2, 0) is 9.59 Å². The zero-order valence-corrected chi connectivity index (χ0v) is 15.2. The summed E-state index contributed by atoms with van der Waals surface area (Å²) in [5.41, 5.74) is -0.773. The molecule has 0 saturated carbocycles. The molecule has 0 aliphatic rings. The fourth-order valence-electron chi connectivity index (χ4n) is 1.77. The number of benzene rings is 1. The maximum absolute atomic E-state index is 13.4. The molecule has 33 heavy (non-hydrogen) atoms. The minimum absolute atomic E-state index is 0.176. The van der Waals surface area contributed by atoms with Crippen molar-refractivity contribution in [3.05, 3.63) is 23.8 Å². The van der Waals surface area contributed by atoms with Gasteiger partial charge in [0.05, 0.1) is 0 Å². The third-order valence-corrected chi connectivity index (χ3v) is 3.59. The van der Waals surface area contributed by atoms with Gasteiger partial charge >= 0.3 is 48.0 Å². The number of hydrogen-bond acceptors (Lipinski definition) is 4. The minimum atomic E-state index is -7.03. The molecular formula is C15H6F14O4. The number of carbonyl (C=O) groups excluding carboxylic acids is 2. The molecule has 188 valence electrons. The van der Waals surface area contributed by atoms with Crippen LogP contribution in [0.15, 0.2) is 18.2 Å². The van der Waals surface area contributed by atoms with Gasteiger partial charge in [0.2, 0.25) is 0 Å². The highest BCUT2D eigenvalue weighted by Crippen LogP contribution is 2.49. The monoisotopic (exact) mass is 516 g/mol. The van der Waals surface area contributed by atoms with Crippen LogP contribution in [0.5, 0.6) is 11.5 Å². The molecule has 0 atom stereocenters. The Kier molecular flexibility index (Phi) is 7.00. The summed E-state index contributed by atoms with van der Waals surface area (Å²) < 4.78 is 185. The zero-order valence-electron chi connectivity index (χ0n) is 15.2. The van der Waals surface area contributed by atoms with E-state index >= 15 is 0 Å². The van der Waals surface area contributed by atoms with Crippen LogP contribution in [0.2, 0.25) is 0 Å². The summed E-state index contributed by atoms with van der Waals surface area (Å²) in [7, 11) is 0. The molecule has 0 spiro atoms. The van der Waals surface area contributed by atoms with Gasteiger partial charge in [0.25, 0.3) is 0 Å². The first kappa shape index (κ1) is 28.2. The van der Waals surface area contributed by atoms with Gasteiger partial charge in [-0.05, 0) is 18.6 Å². The molecule has 1 rings (SSSR count). The third kappa shape index (κ3) is 4.78. The van der Waals surface area contributed by atoms with E-state index in [1.807, 2.05) is 0 Å². The molecule has 4 nitrogen and oxygen atoms in total. The lowest BCUT2D eigenvalue weighted by Crippen LogP contribution is -2.57. The molecular weight excluding hydrogens is 510 g/mol. The first-order valence-electron chi connectivity index (χ1n) is 7.61. The Balaban J connectivity index is 3.37. The Morgan fingerprint density at radius 3 is 1.36 bits per heavy atom. The molecule has 0 radical (unpaired) electrons. The van der Waals surface area contributed by atoms with Crippen molar-refractivity contribution in [3.63, 3.8) is 0 Å². The average Bonchev–Trinajstić information content (AvgIpc) is 2.61. The number of halogens is 14. The van der Waals surface area contributed by atoms with Gasteiger partial charge in [-0.3, -0.25) is 0 Å². The standard InChI is InChI=1S/C15H6F14O4/c1-5-3-2-4-6(32-8(30)10(16,17)12(20,21)14(24,25)26)7(5)33-9(31)11(18,19)13(22,23)15(27,28)29/h2-4H,1H3. The van der Waals surface area contributed by atoms with Crippen molar-refractivity contribution in [2.24, 2.45) is 0 Å². The van der Waals surface area contributed by atoms with E-state index in [-0.39, 0.29) is 6.07 Å². The summed E-state index contributed by atoms with van der Waals surface area (Å²) >= 11 is 0. The number of alkyl halides is 14. The smallest absolute Gasteiger partial charge is 0.418 e. The second-order valence-electron chi connectivity index (χ2n) is 5.97. The van der Waals surface area contributed by atoms with E-state index in [1.165, 1.54) is 0 Å². The normalized spacial score (nSPS) is 14.2. The quantitative estimate of drug-likeness (QED) is 0.286. The Bertz CT molecular complexity index is 916. The van der Waals surface area contributed by atoms with Gasteiger partial charge in [0, 0.05) is 0 Å². The van der Waals surface area contributed by atoms with Gasteiger partial charge in [-0.25, -0.2) is 9.59 Å². The van der Waals surface area contributed by atoms with Crippen LogP contribution < -0.4 is 9.47 Å². The van der Waals surface area contributed by atoms with E-state index in [4.69, 9.17) is 0 Å². The Hall–Kier alpha value is -2.82. The topological polar surface area (TPSA) is 52.6 Å². The summed E-state index contributed by atoms with van der Waals surface area (Å²) in [4.78, 5) is 22.6. The van der Waals surface area contributed by atoms with Crippen LogP contribution in [-0.4, -0.2) is 48.0 Å². The number of carbonyl (C=O) groups is 2. The molecule has 0 bridgehead atoms. The molecule has 0 saturated heterocycles. The van der Waals surface area contributed by atoms with Crippen molar-refractivity contribution < 1.29 is 80.5 Å². The first-order chi connectivity index (χ1) is 14.4. The number of ether oxygens (including phenoxy) is 2. The predicted octanol–water partition coefficient (Wildman–Crippen LogP) is 5.47. The van der Waals surface area contributed by atoms with Crippen molar-refractivity contribution in [2.75, 3.05) is 0 Å². The highest BCUT2D eigenvalue weighted by atomic mass is 19.4. The van der Waals surface area contributed by atoms with Crippen LogP contribution in [0.1, 0.15) is 5.56 Å². The number of rotatable bonds is 6. The number of hydrogen-bond donors (Lipinski definition) is 0. The number of para-hydroxylation sites is 1. The van der Waals surface area contributed by atoms with E-state index in [0.29, 0.717) is 19.1 Å². The summed E-state index contributed by atoms with van der Waals surface area (Å²) in [6, 6.07) is 1.50. The lowest BCUT2D eigenvalue weighted by molar-refractivity contribution is -0.347. The van der Waals surface area contributed by atoms with E-state index in [0.717, 1.165) is 0 Å². The van der Waals surface area contributed by atoms with Gasteiger partial charge in [0.15, 0.2) is 11.5 Å². The second kappa shape index (κ2) is 8.19. The van der Waals surface area contributed by atoms with Crippen LogP contribution in [0, 0.1) is 6.92 Å². The molecule has 0 aliphatic heterocycles. The van der Waals surface area contributed by atoms with Crippen LogP contribution in [0.25, 0.3) is 0 Å². The van der Waals surface area contributed by atoms with Crippen LogP contribution in [0.4, 0.5) is 61.5 Å². The molecule has 1 aromatic rings. The molecule has 0 aromatic heterocycles.